The van der Waals surface area contributed by atoms with Crippen molar-refractivity contribution in [3.8, 4) is 5.75 Å². The average molecular weight is 233 g/mol. The smallest absolute Gasteiger partial charge is 0.407 e. The third kappa shape index (κ3) is 3.00. The highest BCUT2D eigenvalue weighted by Crippen LogP contribution is 2.21. The van der Waals surface area contributed by atoms with Gasteiger partial charge in [-0.3, -0.25) is 0 Å². The van der Waals surface area contributed by atoms with E-state index in [-0.39, 0.29) is 12.2 Å². The quantitative estimate of drug-likeness (QED) is 0.790. The SMILES string of the molecule is C=CCOc1ccccc1CC1CNC(=O)O1. The van der Waals surface area contributed by atoms with Gasteiger partial charge in [-0.25, -0.2) is 4.79 Å². The molecule has 4 nitrogen and oxygen atoms in total. The average Bonchev–Trinajstić information content (AvgIpc) is 2.74. The molecule has 17 heavy (non-hydrogen) atoms. The Bertz CT molecular complexity index is 417. The summed E-state index contributed by atoms with van der Waals surface area (Å²) in [6.45, 7) is 4.64. The largest absolute Gasteiger partial charge is 0.489 e. The van der Waals surface area contributed by atoms with Crippen molar-refractivity contribution >= 4 is 6.09 Å². The zero-order valence-electron chi connectivity index (χ0n) is 9.52. The second kappa shape index (κ2) is 5.39. The van der Waals surface area contributed by atoms with Crippen LogP contribution in [-0.4, -0.2) is 25.3 Å². The first-order chi connectivity index (χ1) is 8.29. The van der Waals surface area contributed by atoms with E-state index in [1.54, 1.807) is 6.08 Å². The predicted octanol–water partition coefficient (Wildman–Crippen LogP) is 1.90. The van der Waals surface area contributed by atoms with Crippen LogP contribution >= 0.6 is 0 Å². The maximum Gasteiger partial charge on any atom is 0.407 e. The number of alkyl carbamates (subject to hydrolysis) is 1. The van der Waals surface area contributed by atoms with Gasteiger partial charge in [0.2, 0.25) is 0 Å². The second-order valence-electron chi connectivity index (χ2n) is 3.82. The summed E-state index contributed by atoms with van der Waals surface area (Å²) in [4.78, 5) is 10.9. The number of nitrogens with one attached hydrogen (secondary N) is 1. The number of hydrogen-bond donors (Lipinski definition) is 1. The van der Waals surface area contributed by atoms with Gasteiger partial charge in [-0.2, -0.15) is 0 Å². The lowest BCUT2D eigenvalue weighted by Gasteiger charge is -2.12. The van der Waals surface area contributed by atoms with Crippen LogP contribution in [0.5, 0.6) is 5.75 Å². The summed E-state index contributed by atoms with van der Waals surface area (Å²) in [5.41, 5.74) is 1.04. The monoisotopic (exact) mass is 233 g/mol. The highest BCUT2D eigenvalue weighted by atomic mass is 16.6. The van der Waals surface area contributed by atoms with Crippen molar-refractivity contribution in [1.82, 2.24) is 5.32 Å². The van der Waals surface area contributed by atoms with Crippen molar-refractivity contribution < 1.29 is 14.3 Å². The van der Waals surface area contributed by atoms with Gasteiger partial charge < -0.3 is 14.8 Å². The first-order valence-corrected chi connectivity index (χ1v) is 5.55. The maximum atomic E-state index is 10.9. The number of rotatable bonds is 5. The van der Waals surface area contributed by atoms with E-state index in [0.717, 1.165) is 11.3 Å². The second-order valence-corrected chi connectivity index (χ2v) is 3.82. The van der Waals surface area contributed by atoms with Gasteiger partial charge in [0.05, 0.1) is 6.54 Å². The minimum Gasteiger partial charge on any atom is -0.489 e. The highest BCUT2D eigenvalue weighted by molar-refractivity contribution is 5.69. The number of hydrogen-bond acceptors (Lipinski definition) is 3. The molecule has 4 heteroatoms. The molecule has 0 radical (unpaired) electrons. The van der Waals surface area contributed by atoms with Crippen LogP contribution in [0.2, 0.25) is 0 Å². The van der Waals surface area contributed by atoms with Gasteiger partial charge in [-0.05, 0) is 11.6 Å². The van der Waals surface area contributed by atoms with Crippen molar-refractivity contribution in [1.29, 1.82) is 0 Å². The molecule has 1 N–H and O–H groups in total. The van der Waals surface area contributed by atoms with Gasteiger partial charge in [0, 0.05) is 6.42 Å². The van der Waals surface area contributed by atoms with Crippen molar-refractivity contribution in [2.24, 2.45) is 0 Å². The summed E-state index contributed by atoms with van der Waals surface area (Å²) in [5.74, 6) is 0.815. The van der Waals surface area contributed by atoms with Crippen LogP contribution in [0.25, 0.3) is 0 Å². The molecular weight excluding hydrogens is 218 g/mol. The molecule has 1 aromatic carbocycles. The molecule has 0 aromatic heterocycles. The fourth-order valence-corrected chi connectivity index (χ4v) is 1.75. The first-order valence-electron chi connectivity index (χ1n) is 5.55. The molecule has 1 amide bonds. The van der Waals surface area contributed by atoms with Gasteiger partial charge in [0.15, 0.2) is 0 Å². The summed E-state index contributed by atoms with van der Waals surface area (Å²) < 4.78 is 10.6. The fourth-order valence-electron chi connectivity index (χ4n) is 1.75. The minimum absolute atomic E-state index is 0.115. The Kier molecular flexibility index (Phi) is 3.65. The van der Waals surface area contributed by atoms with E-state index in [4.69, 9.17) is 9.47 Å². The summed E-state index contributed by atoms with van der Waals surface area (Å²) in [6.07, 6.45) is 1.90. The standard InChI is InChI=1S/C13H15NO3/c1-2-7-16-12-6-4-3-5-10(12)8-11-9-14-13(15)17-11/h2-6,11H,1,7-9H2,(H,14,15). The topological polar surface area (TPSA) is 47.6 Å². The Morgan fingerprint density at radius 1 is 1.53 bits per heavy atom. The Labute approximate surface area is 100 Å². The van der Waals surface area contributed by atoms with E-state index in [2.05, 4.69) is 11.9 Å². The lowest BCUT2D eigenvalue weighted by atomic mass is 10.1. The molecule has 1 saturated heterocycles. The molecule has 1 aromatic rings. The molecule has 1 fully saturated rings. The predicted molar refractivity (Wildman–Crippen MR) is 64.1 cm³/mol. The van der Waals surface area contributed by atoms with Crippen LogP contribution in [0.1, 0.15) is 5.56 Å². The van der Waals surface area contributed by atoms with Crippen LogP contribution < -0.4 is 10.1 Å². The van der Waals surface area contributed by atoms with Gasteiger partial charge in [-0.15, -0.1) is 0 Å². The lowest BCUT2D eigenvalue weighted by Crippen LogP contribution is -2.17. The summed E-state index contributed by atoms with van der Waals surface area (Å²) in [7, 11) is 0. The van der Waals surface area contributed by atoms with Gasteiger partial charge in [0.1, 0.15) is 18.5 Å². The fraction of sp³-hybridized carbons (Fsp3) is 0.308. The number of carbonyl (C=O) groups is 1. The van der Waals surface area contributed by atoms with Gasteiger partial charge in [-0.1, -0.05) is 30.9 Å². The molecule has 1 aliphatic rings. The van der Waals surface area contributed by atoms with Crippen molar-refractivity contribution in [2.45, 2.75) is 12.5 Å². The van der Waals surface area contributed by atoms with Crippen LogP contribution in [0.4, 0.5) is 4.79 Å². The number of ether oxygens (including phenoxy) is 2. The van der Waals surface area contributed by atoms with Crippen molar-refractivity contribution in [3.05, 3.63) is 42.5 Å². The number of amides is 1. The summed E-state index contributed by atoms with van der Waals surface area (Å²) in [5, 5.41) is 2.63. The number of benzene rings is 1. The summed E-state index contributed by atoms with van der Waals surface area (Å²) in [6, 6.07) is 7.74. The molecule has 1 aliphatic heterocycles. The van der Waals surface area contributed by atoms with Crippen LogP contribution in [0.3, 0.4) is 0 Å². The molecule has 1 unspecified atom stereocenters. The zero-order valence-corrected chi connectivity index (χ0v) is 9.52. The molecule has 1 atom stereocenters. The van der Waals surface area contributed by atoms with E-state index in [9.17, 15) is 4.79 Å². The molecule has 2 rings (SSSR count). The Morgan fingerprint density at radius 3 is 3.06 bits per heavy atom. The van der Waals surface area contributed by atoms with Crippen molar-refractivity contribution in [2.75, 3.05) is 13.2 Å². The number of carbonyl (C=O) groups excluding carboxylic acids is 1. The lowest BCUT2D eigenvalue weighted by molar-refractivity contribution is 0.140. The maximum absolute atomic E-state index is 10.9. The Hall–Kier alpha value is -1.97. The van der Waals surface area contributed by atoms with E-state index < -0.39 is 0 Å². The van der Waals surface area contributed by atoms with Crippen LogP contribution in [0, 0.1) is 0 Å². The molecule has 0 aliphatic carbocycles. The third-order valence-electron chi connectivity index (χ3n) is 2.52. The molecule has 90 valence electrons. The molecule has 0 spiro atoms. The van der Waals surface area contributed by atoms with Crippen LogP contribution in [-0.2, 0) is 11.2 Å². The molecule has 0 bridgehead atoms. The molecular formula is C13H15NO3. The first kappa shape index (κ1) is 11.5. The van der Waals surface area contributed by atoms with Gasteiger partial charge in [0.25, 0.3) is 0 Å². The molecule has 0 saturated carbocycles. The number of cyclic esters (lactones) is 1. The normalized spacial score (nSPS) is 18.4. The minimum atomic E-state index is -0.348. The third-order valence-corrected chi connectivity index (χ3v) is 2.52. The van der Waals surface area contributed by atoms with E-state index in [1.807, 2.05) is 24.3 Å². The molecule has 1 heterocycles. The number of para-hydroxylation sites is 1. The van der Waals surface area contributed by atoms with E-state index in [1.165, 1.54) is 0 Å². The zero-order chi connectivity index (χ0) is 12.1. The van der Waals surface area contributed by atoms with Crippen molar-refractivity contribution in [3.63, 3.8) is 0 Å². The Morgan fingerprint density at radius 2 is 2.35 bits per heavy atom. The Balaban J connectivity index is 2.03. The van der Waals surface area contributed by atoms with E-state index in [0.29, 0.717) is 19.6 Å². The summed E-state index contributed by atoms with van der Waals surface area (Å²) >= 11 is 0. The van der Waals surface area contributed by atoms with Crippen LogP contribution in [0.15, 0.2) is 36.9 Å². The highest BCUT2D eigenvalue weighted by Gasteiger charge is 2.23. The van der Waals surface area contributed by atoms with E-state index >= 15 is 0 Å². The van der Waals surface area contributed by atoms with Gasteiger partial charge >= 0.3 is 6.09 Å².